The smallest absolute Gasteiger partial charge is 0.0695 e. The number of piperazine rings is 1. The molecule has 1 aliphatic heterocycles. The first-order valence-corrected chi connectivity index (χ1v) is 8.40. The molecular weight excluding hydrogens is 236 g/mol. The van der Waals surface area contributed by atoms with Crippen molar-refractivity contribution < 1.29 is 5.11 Å². The highest BCUT2D eigenvalue weighted by atomic mass is 16.3. The van der Waals surface area contributed by atoms with Crippen LogP contribution in [0.25, 0.3) is 0 Å². The zero-order valence-electron chi connectivity index (χ0n) is 12.4. The maximum atomic E-state index is 10.3. The van der Waals surface area contributed by atoms with Crippen LogP contribution in [-0.2, 0) is 0 Å². The van der Waals surface area contributed by atoms with E-state index < -0.39 is 0 Å². The molecule has 1 heterocycles. The maximum absolute atomic E-state index is 10.3. The highest BCUT2D eigenvalue weighted by Gasteiger charge is 2.34. The number of rotatable bonds is 4. The lowest BCUT2D eigenvalue weighted by Crippen LogP contribution is -2.55. The SMILES string of the molecule is CCC1CCC(O)C(N2CCN(CC3CC3)CC2)C1. The predicted octanol–water partition coefficient (Wildman–Crippen LogP) is 1.95. The molecule has 1 saturated heterocycles. The second kappa shape index (κ2) is 6.11. The summed E-state index contributed by atoms with van der Waals surface area (Å²) in [5, 5.41) is 10.3. The molecule has 0 amide bonds. The Bertz CT molecular complexity index is 284. The summed E-state index contributed by atoms with van der Waals surface area (Å²) in [6.07, 6.45) is 7.60. The molecule has 2 aliphatic carbocycles. The molecule has 3 unspecified atom stereocenters. The minimum absolute atomic E-state index is 0.0715. The van der Waals surface area contributed by atoms with E-state index in [1.54, 1.807) is 0 Å². The van der Waals surface area contributed by atoms with Gasteiger partial charge >= 0.3 is 0 Å². The van der Waals surface area contributed by atoms with Crippen LogP contribution in [0.2, 0.25) is 0 Å². The van der Waals surface area contributed by atoms with Crippen molar-refractivity contribution in [3.63, 3.8) is 0 Å². The van der Waals surface area contributed by atoms with Gasteiger partial charge in [-0.3, -0.25) is 4.90 Å². The summed E-state index contributed by atoms with van der Waals surface area (Å²) in [4.78, 5) is 5.22. The molecule has 3 aliphatic rings. The Morgan fingerprint density at radius 3 is 2.26 bits per heavy atom. The third-order valence-electron chi connectivity index (χ3n) is 5.56. The van der Waals surface area contributed by atoms with Crippen molar-refractivity contribution in [1.29, 1.82) is 0 Å². The van der Waals surface area contributed by atoms with Crippen LogP contribution in [-0.4, -0.2) is 59.8 Å². The fourth-order valence-electron chi connectivity index (χ4n) is 3.92. The van der Waals surface area contributed by atoms with E-state index in [0.717, 1.165) is 18.3 Å². The zero-order valence-corrected chi connectivity index (χ0v) is 12.4. The van der Waals surface area contributed by atoms with E-state index in [2.05, 4.69) is 16.7 Å². The first-order chi connectivity index (χ1) is 9.26. The first-order valence-electron chi connectivity index (χ1n) is 8.40. The number of aliphatic hydroxyl groups is 1. The molecule has 3 nitrogen and oxygen atoms in total. The van der Waals surface area contributed by atoms with E-state index in [4.69, 9.17) is 0 Å². The molecule has 3 atom stereocenters. The lowest BCUT2D eigenvalue weighted by Gasteiger charge is -2.44. The summed E-state index contributed by atoms with van der Waals surface area (Å²) in [5.74, 6) is 1.86. The molecule has 2 saturated carbocycles. The second-order valence-corrected chi connectivity index (χ2v) is 7.00. The third kappa shape index (κ3) is 3.50. The molecule has 0 spiro atoms. The Morgan fingerprint density at radius 2 is 1.63 bits per heavy atom. The van der Waals surface area contributed by atoms with Gasteiger partial charge in [-0.1, -0.05) is 13.3 Å². The van der Waals surface area contributed by atoms with Gasteiger partial charge in [-0.05, 0) is 43.9 Å². The van der Waals surface area contributed by atoms with Crippen LogP contribution < -0.4 is 0 Å². The van der Waals surface area contributed by atoms with Gasteiger partial charge in [0.15, 0.2) is 0 Å². The molecule has 0 aromatic rings. The number of nitrogens with zero attached hydrogens (tertiary/aromatic N) is 2. The zero-order chi connectivity index (χ0) is 13.2. The molecule has 3 rings (SSSR count). The monoisotopic (exact) mass is 266 g/mol. The Kier molecular flexibility index (Phi) is 4.45. The molecule has 1 N–H and O–H groups in total. The van der Waals surface area contributed by atoms with Gasteiger partial charge in [-0.15, -0.1) is 0 Å². The lowest BCUT2D eigenvalue weighted by atomic mass is 9.81. The second-order valence-electron chi connectivity index (χ2n) is 7.00. The summed E-state index contributed by atoms with van der Waals surface area (Å²) >= 11 is 0. The largest absolute Gasteiger partial charge is 0.391 e. The Hall–Kier alpha value is -0.120. The number of hydrogen-bond acceptors (Lipinski definition) is 3. The van der Waals surface area contributed by atoms with Crippen LogP contribution in [0, 0.1) is 11.8 Å². The molecule has 0 radical (unpaired) electrons. The number of aliphatic hydroxyl groups excluding tert-OH is 1. The van der Waals surface area contributed by atoms with Crippen LogP contribution >= 0.6 is 0 Å². The number of hydrogen-bond donors (Lipinski definition) is 1. The molecule has 110 valence electrons. The minimum Gasteiger partial charge on any atom is -0.391 e. The van der Waals surface area contributed by atoms with Gasteiger partial charge in [0.05, 0.1) is 6.10 Å². The van der Waals surface area contributed by atoms with Crippen LogP contribution in [0.1, 0.15) is 45.4 Å². The average Bonchev–Trinajstić information content (AvgIpc) is 3.24. The van der Waals surface area contributed by atoms with Crippen LogP contribution in [0.5, 0.6) is 0 Å². The van der Waals surface area contributed by atoms with Gasteiger partial charge in [0.1, 0.15) is 0 Å². The van der Waals surface area contributed by atoms with Gasteiger partial charge in [-0.25, -0.2) is 0 Å². The van der Waals surface area contributed by atoms with Crippen molar-refractivity contribution in [3.05, 3.63) is 0 Å². The highest BCUT2D eigenvalue weighted by molar-refractivity contribution is 4.89. The summed E-state index contributed by atoms with van der Waals surface area (Å²) in [7, 11) is 0. The fraction of sp³-hybridized carbons (Fsp3) is 1.00. The van der Waals surface area contributed by atoms with Crippen LogP contribution in [0.15, 0.2) is 0 Å². The quantitative estimate of drug-likeness (QED) is 0.842. The molecule has 0 aromatic heterocycles. The molecule has 3 heteroatoms. The summed E-state index contributed by atoms with van der Waals surface area (Å²) < 4.78 is 0. The van der Waals surface area contributed by atoms with Gasteiger partial charge in [0.25, 0.3) is 0 Å². The lowest BCUT2D eigenvalue weighted by molar-refractivity contribution is -0.0180. The first kappa shape index (κ1) is 13.8. The van der Waals surface area contributed by atoms with Crippen molar-refractivity contribution in [3.8, 4) is 0 Å². The maximum Gasteiger partial charge on any atom is 0.0695 e. The van der Waals surface area contributed by atoms with Crippen molar-refractivity contribution in [1.82, 2.24) is 9.80 Å². The Balaban J connectivity index is 1.48. The van der Waals surface area contributed by atoms with Gasteiger partial charge in [0, 0.05) is 38.8 Å². The van der Waals surface area contributed by atoms with Crippen molar-refractivity contribution in [2.75, 3.05) is 32.7 Å². The van der Waals surface area contributed by atoms with Crippen molar-refractivity contribution in [2.45, 2.75) is 57.6 Å². The third-order valence-corrected chi connectivity index (χ3v) is 5.56. The van der Waals surface area contributed by atoms with Crippen LogP contribution in [0.3, 0.4) is 0 Å². The Labute approximate surface area is 118 Å². The van der Waals surface area contributed by atoms with E-state index in [0.29, 0.717) is 6.04 Å². The van der Waals surface area contributed by atoms with Crippen LogP contribution in [0.4, 0.5) is 0 Å². The highest BCUT2D eigenvalue weighted by Crippen LogP contribution is 2.32. The van der Waals surface area contributed by atoms with E-state index >= 15 is 0 Å². The average molecular weight is 266 g/mol. The molecule has 3 fully saturated rings. The van der Waals surface area contributed by atoms with E-state index in [1.165, 1.54) is 64.8 Å². The summed E-state index contributed by atoms with van der Waals surface area (Å²) in [5.41, 5.74) is 0. The summed E-state index contributed by atoms with van der Waals surface area (Å²) in [6, 6.07) is 0.446. The van der Waals surface area contributed by atoms with E-state index in [-0.39, 0.29) is 6.10 Å². The topological polar surface area (TPSA) is 26.7 Å². The van der Waals surface area contributed by atoms with E-state index in [9.17, 15) is 5.11 Å². The van der Waals surface area contributed by atoms with Gasteiger partial charge in [-0.2, -0.15) is 0 Å². The Morgan fingerprint density at radius 1 is 0.947 bits per heavy atom. The molecule has 19 heavy (non-hydrogen) atoms. The molecule has 0 bridgehead atoms. The van der Waals surface area contributed by atoms with Gasteiger partial charge < -0.3 is 10.0 Å². The summed E-state index contributed by atoms with van der Waals surface area (Å²) in [6.45, 7) is 8.41. The fourth-order valence-corrected chi connectivity index (χ4v) is 3.92. The van der Waals surface area contributed by atoms with Gasteiger partial charge in [0.2, 0.25) is 0 Å². The normalized spacial score (nSPS) is 38.5. The predicted molar refractivity (Wildman–Crippen MR) is 78.2 cm³/mol. The molecular formula is C16H30N2O. The standard InChI is InChI=1S/C16H30N2O/c1-2-13-5-6-16(19)15(11-13)18-9-7-17(8-10-18)12-14-3-4-14/h13-16,19H,2-12H2,1H3. The van der Waals surface area contributed by atoms with E-state index in [1.807, 2.05) is 0 Å². The molecule has 0 aromatic carbocycles. The minimum atomic E-state index is -0.0715. The van der Waals surface area contributed by atoms with Crippen molar-refractivity contribution in [2.24, 2.45) is 11.8 Å². The van der Waals surface area contributed by atoms with Crippen molar-refractivity contribution >= 4 is 0 Å².